The van der Waals surface area contributed by atoms with Crippen molar-refractivity contribution in [1.82, 2.24) is 4.57 Å². The molecule has 0 unspecified atom stereocenters. The zero-order chi connectivity index (χ0) is 18.0. The van der Waals surface area contributed by atoms with E-state index in [2.05, 4.69) is 76.0 Å². The number of imidazole rings is 1. The minimum atomic E-state index is 0.881. The molecule has 3 heteroatoms. The molecule has 0 atom stereocenters. The van der Waals surface area contributed by atoms with Crippen LogP contribution in [0.1, 0.15) is 31.7 Å². The monoisotopic (exact) mass is 346 g/mol. The van der Waals surface area contributed by atoms with Crippen LogP contribution in [-0.2, 0) is 13.1 Å². The van der Waals surface area contributed by atoms with Crippen molar-refractivity contribution in [2.75, 3.05) is 6.54 Å². The molecule has 0 amide bonds. The van der Waals surface area contributed by atoms with E-state index >= 15 is 0 Å². The van der Waals surface area contributed by atoms with Crippen molar-refractivity contribution in [2.45, 2.75) is 39.3 Å². The molecule has 0 fully saturated rings. The number of unbranched alkanes of at least 4 members (excludes halogenated alkanes) is 1. The van der Waals surface area contributed by atoms with Crippen molar-refractivity contribution < 1.29 is 4.57 Å². The number of aryl methyl sites for hydroxylation is 2. The molecule has 0 bridgehead atoms. The Morgan fingerprint density at radius 2 is 1.69 bits per heavy atom. The highest BCUT2D eigenvalue weighted by Gasteiger charge is 2.14. The van der Waals surface area contributed by atoms with Gasteiger partial charge in [-0.15, -0.1) is 0 Å². The van der Waals surface area contributed by atoms with E-state index in [0.29, 0.717) is 0 Å². The molecular formula is C23H28N3+. The van der Waals surface area contributed by atoms with Crippen LogP contribution < -0.4 is 4.57 Å². The molecule has 0 spiro atoms. The van der Waals surface area contributed by atoms with E-state index in [1.54, 1.807) is 0 Å². The molecule has 1 heterocycles. The van der Waals surface area contributed by atoms with Crippen LogP contribution in [0.3, 0.4) is 0 Å². The molecule has 0 radical (unpaired) electrons. The Labute approximate surface area is 156 Å². The van der Waals surface area contributed by atoms with Gasteiger partial charge in [0, 0.05) is 18.3 Å². The first-order valence-corrected chi connectivity index (χ1v) is 9.56. The number of hydrogen-bond acceptors (Lipinski definition) is 1. The lowest BCUT2D eigenvalue weighted by Crippen LogP contribution is -2.30. The number of nitrogens with zero attached hydrogens (tertiary/aromatic N) is 3. The number of aromatic nitrogens is 2. The third kappa shape index (κ3) is 5.16. The van der Waals surface area contributed by atoms with Crippen LogP contribution in [0.5, 0.6) is 0 Å². The molecule has 134 valence electrons. The molecule has 0 aliphatic heterocycles. The standard InChI is InChI=1S/C23H28N3/c1-2-16-25-19-23(22-13-7-4-8-14-22)26(20-25)17-10-9-15-24-18-21-11-5-3-6-12-21/h3-8,11-14,18-20H,2,9-10,15-17H2,1H3/q+1. The van der Waals surface area contributed by atoms with E-state index in [-0.39, 0.29) is 0 Å². The largest absolute Gasteiger partial charge is 0.293 e. The number of benzene rings is 2. The fourth-order valence-electron chi connectivity index (χ4n) is 3.11. The second-order valence-electron chi connectivity index (χ2n) is 6.58. The Hall–Kier alpha value is -2.68. The third-order valence-corrected chi connectivity index (χ3v) is 4.41. The molecule has 3 aromatic rings. The van der Waals surface area contributed by atoms with Gasteiger partial charge in [0.05, 0.1) is 13.1 Å². The Bertz CT molecular complexity index is 804. The lowest BCUT2D eigenvalue weighted by atomic mass is 10.1. The van der Waals surface area contributed by atoms with Gasteiger partial charge in [-0.3, -0.25) is 4.99 Å². The van der Waals surface area contributed by atoms with Crippen molar-refractivity contribution in [3.05, 3.63) is 78.8 Å². The highest BCUT2D eigenvalue weighted by atomic mass is 15.1. The molecular weight excluding hydrogens is 318 g/mol. The molecule has 0 saturated carbocycles. The quantitative estimate of drug-likeness (QED) is 0.303. The minimum absolute atomic E-state index is 0.881. The molecule has 0 saturated heterocycles. The van der Waals surface area contributed by atoms with Gasteiger partial charge >= 0.3 is 0 Å². The maximum atomic E-state index is 4.55. The summed E-state index contributed by atoms with van der Waals surface area (Å²) in [5.41, 5.74) is 3.75. The van der Waals surface area contributed by atoms with Crippen LogP contribution in [0, 0.1) is 0 Å². The van der Waals surface area contributed by atoms with Gasteiger partial charge in [-0.2, -0.15) is 0 Å². The van der Waals surface area contributed by atoms with Crippen molar-refractivity contribution in [3.8, 4) is 11.3 Å². The van der Waals surface area contributed by atoms with Crippen molar-refractivity contribution in [3.63, 3.8) is 0 Å². The third-order valence-electron chi connectivity index (χ3n) is 4.41. The van der Waals surface area contributed by atoms with Crippen molar-refractivity contribution >= 4 is 6.21 Å². The number of rotatable bonds is 9. The van der Waals surface area contributed by atoms with E-state index in [0.717, 1.165) is 38.9 Å². The van der Waals surface area contributed by atoms with Crippen molar-refractivity contribution in [2.24, 2.45) is 4.99 Å². The van der Waals surface area contributed by atoms with E-state index in [9.17, 15) is 0 Å². The van der Waals surface area contributed by atoms with Crippen LogP contribution in [0.15, 0.2) is 78.2 Å². The summed E-state index contributed by atoms with van der Waals surface area (Å²) in [5, 5.41) is 0. The van der Waals surface area contributed by atoms with Crippen molar-refractivity contribution in [1.29, 1.82) is 0 Å². The normalized spacial score (nSPS) is 11.3. The van der Waals surface area contributed by atoms with E-state index in [4.69, 9.17) is 0 Å². The highest BCUT2D eigenvalue weighted by Crippen LogP contribution is 2.18. The molecule has 1 aromatic heterocycles. The second kappa shape index (κ2) is 9.71. The SMILES string of the molecule is CCC[n+]1cc(-c2ccccc2)n(CCCCN=Cc2ccccc2)c1. The lowest BCUT2D eigenvalue weighted by molar-refractivity contribution is -0.696. The van der Waals surface area contributed by atoms with Gasteiger partial charge in [0.1, 0.15) is 6.20 Å². The Morgan fingerprint density at radius 3 is 2.42 bits per heavy atom. The zero-order valence-electron chi connectivity index (χ0n) is 15.6. The summed E-state index contributed by atoms with van der Waals surface area (Å²) in [6, 6.07) is 21.0. The van der Waals surface area contributed by atoms with E-state index in [1.807, 2.05) is 24.4 Å². The summed E-state index contributed by atoms with van der Waals surface area (Å²) in [4.78, 5) is 4.55. The molecule has 0 N–H and O–H groups in total. The van der Waals surface area contributed by atoms with E-state index in [1.165, 1.54) is 16.8 Å². The van der Waals surface area contributed by atoms with Crippen LogP contribution in [0.2, 0.25) is 0 Å². The van der Waals surface area contributed by atoms with Crippen LogP contribution in [0.25, 0.3) is 11.3 Å². The second-order valence-corrected chi connectivity index (χ2v) is 6.58. The van der Waals surface area contributed by atoms with Crippen LogP contribution in [-0.4, -0.2) is 17.3 Å². The smallest absolute Gasteiger partial charge is 0.244 e. The maximum Gasteiger partial charge on any atom is 0.244 e. The Balaban J connectivity index is 1.56. The van der Waals surface area contributed by atoms with Crippen LogP contribution >= 0.6 is 0 Å². The maximum absolute atomic E-state index is 4.55. The Kier molecular flexibility index (Phi) is 6.77. The van der Waals surface area contributed by atoms with Gasteiger partial charge < -0.3 is 0 Å². The fraction of sp³-hybridized carbons (Fsp3) is 0.304. The number of aliphatic imine (C=N–C) groups is 1. The van der Waals surface area contributed by atoms with Gasteiger partial charge in [0.15, 0.2) is 5.69 Å². The molecule has 0 aliphatic rings. The van der Waals surface area contributed by atoms with Gasteiger partial charge in [0.2, 0.25) is 6.33 Å². The van der Waals surface area contributed by atoms with Gasteiger partial charge in [-0.1, -0.05) is 67.6 Å². The summed E-state index contributed by atoms with van der Waals surface area (Å²) < 4.78 is 4.68. The summed E-state index contributed by atoms with van der Waals surface area (Å²) in [6.45, 7) is 5.19. The van der Waals surface area contributed by atoms with Gasteiger partial charge in [0.25, 0.3) is 0 Å². The summed E-state index contributed by atoms with van der Waals surface area (Å²) in [5.74, 6) is 0. The highest BCUT2D eigenvalue weighted by molar-refractivity contribution is 5.79. The lowest BCUT2D eigenvalue weighted by Gasteiger charge is -2.01. The average Bonchev–Trinajstić information content (AvgIpc) is 3.09. The first kappa shape index (κ1) is 18.1. The molecule has 2 aromatic carbocycles. The predicted molar refractivity (Wildman–Crippen MR) is 108 cm³/mol. The minimum Gasteiger partial charge on any atom is -0.293 e. The summed E-state index contributed by atoms with van der Waals surface area (Å²) >= 11 is 0. The molecule has 26 heavy (non-hydrogen) atoms. The number of hydrogen-bond donors (Lipinski definition) is 0. The predicted octanol–water partition coefficient (Wildman–Crippen LogP) is 4.75. The fourth-order valence-corrected chi connectivity index (χ4v) is 3.11. The topological polar surface area (TPSA) is 21.2 Å². The molecule has 3 rings (SSSR count). The van der Waals surface area contributed by atoms with Gasteiger partial charge in [-0.05, 0) is 24.8 Å². The van der Waals surface area contributed by atoms with E-state index < -0.39 is 0 Å². The Morgan fingerprint density at radius 1 is 0.962 bits per heavy atom. The zero-order valence-corrected chi connectivity index (χ0v) is 15.6. The molecule has 0 aliphatic carbocycles. The first-order chi connectivity index (χ1) is 12.9. The average molecular weight is 346 g/mol. The van der Waals surface area contributed by atoms with Crippen LogP contribution in [0.4, 0.5) is 0 Å². The summed E-state index contributed by atoms with van der Waals surface area (Å²) in [6.07, 6.45) is 9.87. The van der Waals surface area contributed by atoms with Gasteiger partial charge in [-0.25, -0.2) is 9.13 Å². The molecule has 3 nitrogen and oxygen atoms in total. The summed E-state index contributed by atoms with van der Waals surface area (Å²) in [7, 11) is 0. The first-order valence-electron chi connectivity index (χ1n) is 9.56.